The van der Waals surface area contributed by atoms with Crippen LogP contribution in [0.25, 0.3) is 0 Å². The molecule has 2 nitrogen and oxygen atoms in total. The van der Waals surface area contributed by atoms with Gasteiger partial charge in [-0.1, -0.05) is 62.7 Å². The third kappa shape index (κ3) is 4.08. The second-order valence-corrected chi connectivity index (χ2v) is 6.53. The second kappa shape index (κ2) is 6.31. The molecular weight excluding hydrogens is 282 g/mol. The molecule has 0 aromatic heterocycles. The number of aromatic hydroxyl groups is 1. The van der Waals surface area contributed by atoms with E-state index in [-0.39, 0.29) is 11.2 Å². The van der Waals surface area contributed by atoms with Crippen molar-refractivity contribution in [2.75, 3.05) is 0 Å². The summed E-state index contributed by atoms with van der Waals surface area (Å²) >= 11 is 6.15. The van der Waals surface area contributed by atoms with Crippen LogP contribution < -0.4 is 0 Å². The number of phenolic OH excluding ortho intramolecular Hbond substituents is 1. The number of halogens is 1. The van der Waals surface area contributed by atoms with Crippen LogP contribution in [0.1, 0.15) is 37.5 Å². The van der Waals surface area contributed by atoms with Crippen LogP contribution >= 0.6 is 11.6 Å². The minimum atomic E-state index is -0.170. The molecule has 0 amide bonds. The largest absolute Gasteiger partial charge is 0.507 e. The molecule has 2 aromatic rings. The first-order valence-corrected chi connectivity index (χ1v) is 7.32. The summed E-state index contributed by atoms with van der Waals surface area (Å²) in [5, 5.41) is 11.0. The van der Waals surface area contributed by atoms with Crippen molar-refractivity contribution in [2.45, 2.75) is 32.7 Å². The Morgan fingerprint density at radius 3 is 2.43 bits per heavy atom. The summed E-state index contributed by atoms with van der Waals surface area (Å²) in [6, 6.07) is 13.5. The number of hydrogen-bond donors (Lipinski definition) is 1. The Hall–Kier alpha value is -1.80. The van der Waals surface area contributed by atoms with Crippen LogP contribution in [-0.4, -0.2) is 11.3 Å². The fourth-order valence-electron chi connectivity index (χ4n) is 2.12. The highest BCUT2D eigenvalue weighted by molar-refractivity contribution is 6.31. The van der Waals surface area contributed by atoms with Crippen LogP contribution in [0, 0.1) is 0 Å². The summed E-state index contributed by atoms with van der Waals surface area (Å²) in [4.78, 5) is 4.39. The third-order valence-electron chi connectivity index (χ3n) is 3.26. The average molecular weight is 302 g/mol. The molecule has 0 aliphatic carbocycles. The van der Waals surface area contributed by atoms with Crippen LogP contribution in [0.5, 0.6) is 5.75 Å². The highest BCUT2D eigenvalue weighted by atomic mass is 35.5. The van der Waals surface area contributed by atoms with Crippen LogP contribution in [0.15, 0.2) is 47.5 Å². The Kier molecular flexibility index (Phi) is 4.69. The predicted octanol–water partition coefficient (Wildman–Crippen LogP) is 4.96. The Bertz CT molecular complexity index is 642. The quantitative estimate of drug-likeness (QED) is 0.798. The van der Waals surface area contributed by atoms with E-state index in [4.69, 9.17) is 11.6 Å². The lowest BCUT2D eigenvalue weighted by atomic mass is 9.85. The van der Waals surface area contributed by atoms with Gasteiger partial charge in [0.25, 0.3) is 0 Å². The summed E-state index contributed by atoms with van der Waals surface area (Å²) < 4.78 is 0. The first kappa shape index (κ1) is 15.6. The van der Waals surface area contributed by atoms with Crippen LogP contribution in [0.4, 0.5) is 0 Å². The normalized spacial score (nSPS) is 12.0. The minimum absolute atomic E-state index is 0.170. The van der Waals surface area contributed by atoms with Crippen LogP contribution in [0.2, 0.25) is 5.02 Å². The number of phenols is 1. The van der Waals surface area contributed by atoms with E-state index < -0.39 is 0 Å². The predicted molar refractivity (Wildman–Crippen MR) is 89.6 cm³/mol. The van der Waals surface area contributed by atoms with Crippen molar-refractivity contribution < 1.29 is 5.11 Å². The van der Waals surface area contributed by atoms with Crippen molar-refractivity contribution in [1.29, 1.82) is 0 Å². The van der Waals surface area contributed by atoms with Gasteiger partial charge in [0, 0.05) is 22.4 Å². The van der Waals surface area contributed by atoms with E-state index in [0.717, 1.165) is 11.1 Å². The van der Waals surface area contributed by atoms with Crippen LogP contribution in [0.3, 0.4) is 0 Å². The average Bonchev–Trinajstić information content (AvgIpc) is 2.42. The van der Waals surface area contributed by atoms with Crippen molar-refractivity contribution in [1.82, 2.24) is 0 Å². The van der Waals surface area contributed by atoms with Gasteiger partial charge in [0.15, 0.2) is 0 Å². The van der Waals surface area contributed by atoms with E-state index in [2.05, 4.69) is 4.99 Å². The van der Waals surface area contributed by atoms with Crippen LogP contribution in [-0.2, 0) is 12.0 Å². The molecule has 0 saturated carbocycles. The lowest BCUT2D eigenvalue weighted by Crippen LogP contribution is -2.12. The summed E-state index contributed by atoms with van der Waals surface area (Å²) in [6.45, 7) is 6.72. The summed E-state index contributed by atoms with van der Waals surface area (Å²) in [7, 11) is 0. The summed E-state index contributed by atoms with van der Waals surface area (Å²) in [5.74, 6) is 0.253. The van der Waals surface area contributed by atoms with Crippen molar-refractivity contribution in [3.63, 3.8) is 0 Å². The maximum atomic E-state index is 10.4. The molecule has 3 heteroatoms. The van der Waals surface area contributed by atoms with Gasteiger partial charge < -0.3 is 5.11 Å². The van der Waals surface area contributed by atoms with Crippen molar-refractivity contribution >= 4 is 17.8 Å². The summed E-state index contributed by atoms with van der Waals surface area (Å²) in [6.07, 6.45) is 1.68. The maximum Gasteiger partial charge on any atom is 0.128 e. The van der Waals surface area contributed by atoms with Gasteiger partial charge in [0.05, 0.1) is 6.54 Å². The Morgan fingerprint density at radius 2 is 1.81 bits per heavy atom. The maximum absolute atomic E-state index is 10.4. The Morgan fingerprint density at radius 1 is 1.14 bits per heavy atom. The minimum Gasteiger partial charge on any atom is -0.507 e. The van der Waals surface area contributed by atoms with Gasteiger partial charge >= 0.3 is 0 Å². The van der Waals surface area contributed by atoms with Gasteiger partial charge in [-0.05, 0) is 23.1 Å². The molecule has 0 aliphatic rings. The zero-order chi connectivity index (χ0) is 15.5. The molecule has 0 heterocycles. The monoisotopic (exact) mass is 301 g/mol. The zero-order valence-corrected chi connectivity index (χ0v) is 13.4. The van der Waals surface area contributed by atoms with E-state index in [1.807, 2.05) is 57.2 Å². The highest BCUT2D eigenvalue weighted by Crippen LogP contribution is 2.35. The molecule has 110 valence electrons. The number of benzene rings is 2. The molecule has 0 radical (unpaired) electrons. The molecule has 0 bridgehead atoms. The lowest BCUT2D eigenvalue weighted by Gasteiger charge is -2.21. The first-order valence-electron chi connectivity index (χ1n) is 6.94. The SMILES string of the molecule is CC(C)(C)c1cc(Cl)cc(C=NCc2ccccc2)c1O. The molecule has 0 saturated heterocycles. The Balaban J connectivity index is 2.26. The van der Waals surface area contributed by atoms with Gasteiger partial charge in [-0.3, -0.25) is 4.99 Å². The molecule has 0 fully saturated rings. The Labute approximate surface area is 131 Å². The number of hydrogen-bond acceptors (Lipinski definition) is 2. The van der Waals surface area contributed by atoms with Crippen molar-refractivity contribution in [3.8, 4) is 5.75 Å². The molecule has 0 unspecified atom stereocenters. The van der Waals surface area contributed by atoms with Gasteiger partial charge in [-0.15, -0.1) is 0 Å². The van der Waals surface area contributed by atoms with E-state index in [1.165, 1.54) is 0 Å². The molecule has 0 spiro atoms. The molecule has 2 rings (SSSR count). The summed E-state index contributed by atoms with van der Waals surface area (Å²) in [5.41, 5.74) is 2.45. The first-order chi connectivity index (χ1) is 9.88. The number of nitrogens with zero attached hydrogens (tertiary/aromatic N) is 1. The zero-order valence-electron chi connectivity index (χ0n) is 12.6. The third-order valence-corrected chi connectivity index (χ3v) is 3.48. The van der Waals surface area contributed by atoms with E-state index >= 15 is 0 Å². The van der Waals surface area contributed by atoms with E-state index in [0.29, 0.717) is 17.1 Å². The molecule has 0 atom stereocenters. The topological polar surface area (TPSA) is 32.6 Å². The smallest absolute Gasteiger partial charge is 0.128 e. The number of rotatable bonds is 3. The molecule has 2 aromatic carbocycles. The van der Waals surface area contributed by atoms with Gasteiger partial charge in [0.2, 0.25) is 0 Å². The fourth-order valence-corrected chi connectivity index (χ4v) is 2.35. The molecule has 1 N–H and O–H groups in total. The van der Waals surface area contributed by atoms with E-state index in [1.54, 1.807) is 12.3 Å². The molecule has 21 heavy (non-hydrogen) atoms. The number of aliphatic imine (C=N–C) groups is 1. The van der Waals surface area contributed by atoms with E-state index in [9.17, 15) is 5.11 Å². The highest BCUT2D eigenvalue weighted by Gasteiger charge is 2.20. The molecular formula is C18H20ClNO. The van der Waals surface area contributed by atoms with Crippen molar-refractivity contribution in [2.24, 2.45) is 4.99 Å². The standard InChI is InChI=1S/C18H20ClNO/c1-18(2,3)16-10-15(19)9-14(17(16)21)12-20-11-13-7-5-4-6-8-13/h4-10,12,21H,11H2,1-3H3. The van der Waals surface area contributed by atoms with Crippen molar-refractivity contribution in [3.05, 3.63) is 64.2 Å². The van der Waals surface area contributed by atoms with Gasteiger partial charge in [-0.2, -0.15) is 0 Å². The lowest BCUT2D eigenvalue weighted by molar-refractivity contribution is 0.446. The second-order valence-electron chi connectivity index (χ2n) is 6.10. The van der Waals surface area contributed by atoms with Gasteiger partial charge in [-0.25, -0.2) is 0 Å². The fraction of sp³-hybridized carbons (Fsp3) is 0.278. The van der Waals surface area contributed by atoms with Gasteiger partial charge in [0.1, 0.15) is 5.75 Å². The molecule has 0 aliphatic heterocycles.